The Morgan fingerprint density at radius 1 is 0.929 bits per heavy atom. The number of aryl methyl sites for hydroxylation is 1. The van der Waals surface area contributed by atoms with Crippen LogP contribution in [0.15, 0.2) is 72.9 Å². The van der Waals surface area contributed by atoms with Gasteiger partial charge in [-0.25, -0.2) is 9.37 Å². The number of morpholine rings is 1. The second kappa shape index (κ2) is 18.1. The van der Waals surface area contributed by atoms with E-state index in [1.54, 1.807) is 18.2 Å². The van der Waals surface area contributed by atoms with Gasteiger partial charge in [-0.1, -0.05) is 42.0 Å². The molecule has 3 aliphatic rings. The predicted octanol–water partition coefficient (Wildman–Crippen LogP) is 7.27. The van der Waals surface area contributed by atoms with Crippen molar-refractivity contribution in [1.82, 2.24) is 25.4 Å². The first-order valence-corrected chi connectivity index (χ1v) is 20.0. The van der Waals surface area contributed by atoms with E-state index in [1.165, 1.54) is 17.2 Å². The number of carbonyl (C=O) groups is 2. The lowest BCUT2D eigenvalue weighted by Gasteiger charge is -2.36. The zero-order valence-corrected chi connectivity index (χ0v) is 32.7. The number of pyridine rings is 1. The van der Waals surface area contributed by atoms with Crippen LogP contribution in [-0.4, -0.2) is 89.1 Å². The number of piperazine rings is 1. The number of ketones is 1. The van der Waals surface area contributed by atoms with E-state index in [9.17, 15) is 19.1 Å². The molecule has 2 atom stereocenters. The standard InChI is InChI=1S/C45H54FN5O5/c1-29-7-14-42(52)40(19-29)43(53)21-32-8-11-37(12-9-32)49-44(54)41-23-36(46)24-47-45(41)56-38-6-4-5-34(22-38)39-13-10-33(27-51-25-30(2)48-31(3)26-51)20-35(39)28-50-15-17-55-18-16-50/h4-7,10,13-14,19-20,22-24,30-32,37,48,52H,8-9,11-12,15-18,21,25-28H2,1-3H3,(H,49,54)/t30-,31+,32?,37?. The van der Waals surface area contributed by atoms with Crippen LogP contribution in [0.1, 0.15) is 83.4 Å². The summed E-state index contributed by atoms with van der Waals surface area (Å²) in [7, 11) is 0. The fraction of sp³-hybridized carbons (Fsp3) is 0.444. The van der Waals surface area contributed by atoms with E-state index in [0.717, 1.165) is 88.2 Å². The number of hydrogen-bond donors (Lipinski definition) is 3. The molecule has 7 rings (SSSR count). The van der Waals surface area contributed by atoms with Crippen LogP contribution in [0.3, 0.4) is 0 Å². The maximum atomic E-state index is 14.6. The monoisotopic (exact) mass is 763 g/mol. The van der Waals surface area contributed by atoms with Crippen LogP contribution < -0.4 is 15.4 Å². The molecule has 2 saturated heterocycles. The van der Waals surface area contributed by atoms with Gasteiger partial charge in [-0.3, -0.25) is 19.4 Å². The zero-order chi connectivity index (χ0) is 39.2. The molecule has 10 nitrogen and oxygen atoms in total. The molecule has 1 aliphatic carbocycles. The Hall–Kier alpha value is -4.68. The van der Waals surface area contributed by atoms with Gasteiger partial charge in [0.15, 0.2) is 5.78 Å². The average molecular weight is 764 g/mol. The van der Waals surface area contributed by atoms with E-state index in [2.05, 4.69) is 63.5 Å². The zero-order valence-electron chi connectivity index (χ0n) is 32.7. The highest BCUT2D eigenvalue weighted by molar-refractivity contribution is 5.99. The average Bonchev–Trinajstić information content (AvgIpc) is 3.17. The second-order valence-corrected chi connectivity index (χ2v) is 16.0. The number of halogens is 1. The minimum absolute atomic E-state index is 0.00324. The van der Waals surface area contributed by atoms with Crippen molar-refractivity contribution in [3.8, 4) is 28.5 Å². The van der Waals surface area contributed by atoms with Gasteiger partial charge in [0.05, 0.1) is 25.0 Å². The van der Waals surface area contributed by atoms with E-state index in [0.29, 0.717) is 42.7 Å². The van der Waals surface area contributed by atoms with E-state index in [4.69, 9.17) is 9.47 Å². The SMILES string of the molecule is Cc1ccc(O)c(C(=O)CC2CCC(NC(=O)c3cc(F)cnc3Oc3cccc(-c4ccc(CN5C[C@@H](C)N[C@@H](C)C5)cc4CN4CCOCC4)c3)CC2)c1. The van der Waals surface area contributed by atoms with Gasteiger partial charge in [0.1, 0.15) is 22.9 Å². The number of benzene rings is 3. The molecule has 56 heavy (non-hydrogen) atoms. The summed E-state index contributed by atoms with van der Waals surface area (Å²) in [5.41, 5.74) is 5.89. The maximum absolute atomic E-state index is 14.6. The van der Waals surface area contributed by atoms with Gasteiger partial charge in [-0.05, 0) is 105 Å². The number of amides is 1. The van der Waals surface area contributed by atoms with E-state index in [1.807, 2.05) is 25.1 Å². The third-order valence-electron chi connectivity index (χ3n) is 11.2. The Kier molecular flexibility index (Phi) is 12.8. The second-order valence-electron chi connectivity index (χ2n) is 16.0. The molecular formula is C45H54FN5O5. The number of nitrogens with one attached hydrogen (secondary N) is 2. The van der Waals surface area contributed by atoms with Crippen molar-refractivity contribution < 1.29 is 28.6 Å². The summed E-state index contributed by atoms with van der Waals surface area (Å²) in [5, 5.41) is 16.9. The Bertz CT molecular complexity index is 2000. The van der Waals surface area contributed by atoms with Crippen LogP contribution in [0.2, 0.25) is 0 Å². The number of aromatic hydroxyl groups is 1. The van der Waals surface area contributed by atoms with Crippen molar-refractivity contribution >= 4 is 11.7 Å². The molecule has 296 valence electrons. The van der Waals surface area contributed by atoms with Crippen LogP contribution in [0.25, 0.3) is 11.1 Å². The van der Waals surface area contributed by atoms with Gasteiger partial charge >= 0.3 is 0 Å². The summed E-state index contributed by atoms with van der Waals surface area (Å²) < 4.78 is 26.5. The smallest absolute Gasteiger partial charge is 0.257 e. The minimum Gasteiger partial charge on any atom is -0.507 e. The number of hydrogen-bond acceptors (Lipinski definition) is 9. The molecule has 4 aromatic rings. The van der Waals surface area contributed by atoms with Gasteiger partial charge < -0.3 is 25.2 Å². The van der Waals surface area contributed by atoms with E-state index in [-0.39, 0.29) is 34.9 Å². The molecule has 0 radical (unpaired) electrons. The highest BCUT2D eigenvalue weighted by Crippen LogP contribution is 2.34. The van der Waals surface area contributed by atoms with Crippen LogP contribution in [0.4, 0.5) is 4.39 Å². The Balaban J connectivity index is 1.03. The Morgan fingerprint density at radius 2 is 1.70 bits per heavy atom. The first-order chi connectivity index (χ1) is 27.1. The van der Waals surface area contributed by atoms with E-state index < -0.39 is 11.7 Å². The lowest BCUT2D eigenvalue weighted by Crippen LogP contribution is -2.53. The number of aromatic nitrogens is 1. The molecule has 3 heterocycles. The number of phenols is 1. The first kappa shape index (κ1) is 39.6. The predicted molar refractivity (Wildman–Crippen MR) is 215 cm³/mol. The summed E-state index contributed by atoms with van der Waals surface area (Å²) in [6.45, 7) is 13.3. The van der Waals surface area contributed by atoms with Gasteiger partial charge in [-0.2, -0.15) is 0 Å². The number of rotatable bonds is 12. The lowest BCUT2D eigenvalue weighted by atomic mass is 9.82. The third kappa shape index (κ3) is 10.2. The molecule has 3 N–H and O–H groups in total. The summed E-state index contributed by atoms with van der Waals surface area (Å²) in [6.07, 6.45) is 4.28. The lowest BCUT2D eigenvalue weighted by molar-refractivity contribution is 0.0342. The van der Waals surface area contributed by atoms with Crippen LogP contribution >= 0.6 is 0 Å². The minimum atomic E-state index is -0.629. The molecule has 3 fully saturated rings. The largest absolute Gasteiger partial charge is 0.507 e. The molecule has 3 aromatic carbocycles. The summed E-state index contributed by atoms with van der Waals surface area (Å²) in [5.74, 6) is -0.478. The highest BCUT2D eigenvalue weighted by atomic mass is 19.1. The van der Waals surface area contributed by atoms with Crippen molar-refractivity contribution in [3.05, 3.63) is 107 Å². The number of nitrogens with zero attached hydrogens (tertiary/aromatic N) is 3. The molecular weight excluding hydrogens is 710 g/mol. The number of ether oxygens (including phenoxy) is 2. The van der Waals surface area contributed by atoms with Crippen LogP contribution in [0, 0.1) is 18.7 Å². The van der Waals surface area contributed by atoms with Gasteiger partial charge in [0, 0.05) is 63.8 Å². The van der Waals surface area contributed by atoms with Crippen LogP contribution in [0.5, 0.6) is 17.4 Å². The number of Topliss-reactive ketones (excluding diaryl/α,β-unsaturated/α-hetero) is 1. The first-order valence-electron chi connectivity index (χ1n) is 20.0. The van der Waals surface area contributed by atoms with Crippen molar-refractivity contribution in [3.63, 3.8) is 0 Å². The molecule has 1 amide bonds. The molecule has 0 spiro atoms. The number of phenolic OH excluding ortho intramolecular Hbond substituents is 1. The van der Waals surface area contributed by atoms with Crippen molar-refractivity contribution in [1.29, 1.82) is 0 Å². The fourth-order valence-electron chi connectivity index (χ4n) is 8.51. The quantitative estimate of drug-likeness (QED) is 0.128. The summed E-state index contributed by atoms with van der Waals surface area (Å²) in [4.78, 5) is 35.7. The molecule has 2 aliphatic heterocycles. The van der Waals surface area contributed by atoms with Gasteiger partial charge in [0.2, 0.25) is 5.88 Å². The third-order valence-corrected chi connectivity index (χ3v) is 11.2. The maximum Gasteiger partial charge on any atom is 0.257 e. The molecule has 0 unspecified atom stereocenters. The fourth-order valence-corrected chi connectivity index (χ4v) is 8.51. The number of carbonyl (C=O) groups excluding carboxylic acids is 2. The van der Waals surface area contributed by atoms with Gasteiger partial charge in [-0.15, -0.1) is 0 Å². The molecule has 11 heteroatoms. The normalized spacial score (nSPS) is 22.1. The molecule has 1 saturated carbocycles. The van der Waals surface area contributed by atoms with Crippen molar-refractivity contribution in [2.75, 3.05) is 39.4 Å². The topological polar surface area (TPSA) is 116 Å². The Morgan fingerprint density at radius 3 is 2.46 bits per heavy atom. The van der Waals surface area contributed by atoms with E-state index >= 15 is 0 Å². The summed E-state index contributed by atoms with van der Waals surface area (Å²) >= 11 is 0. The molecule has 1 aromatic heterocycles. The van der Waals surface area contributed by atoms with Crippen LogP contribution in [-0.2, 0) is 17.8 Å². The molecule has 0 bridgehead atoms. The van der Waals surface area contributed by atoms with Gasteiger partial charge in [0.25, 0.3) is 5.91 Å². The highest BCUT2D eigenvalue weighted by Gasteiger charge is 2.27. The van der Waals surface area contributed by atoms with Crippen molar-refractivity contribution in [2.24, 2.45) is 5.92 Å². The Labute approximate surface area is 329 Å². The summed E-state index contributed by atoms with van der Waals surface area (Å²) in [6, 6.07) is 21.5. The van der Waals surface area contributed by atoms with Crippen molar-refractivity contribution in [2.45, 2.75) is 84.1 Å².